The number of nitrogens with one attached hydrogen (secondary N) is 2. The minimum Gasteiger partial charge on any atom is -0.478 e. The minimum absolute atomic E-state index is 0.0613. The number of amides is 2. The number of carbonyl (C=O) groups is 4. The number of nitrogen functional groups attached to an aromatic ring is 1. The van der Waals surface area contributed by atoms with E-state index in [4.69, 9.17) is 48.0 Å². The Hall–Kier alpha value is -13.9. The van der Waals surface area contributed by atoms with E-state index in [0.29, 0.717) is 55.0 Å². The van der Waals surface area contributed by atoms with Crippen LogP contribution in [0.25, 0.3) is 90.2 Å². The summed E-state index contributed by atoms with van der Waals surface area (Å²) < 4.78 is 45.2. The number of nitrogens with two attached hydrogens (primary N) is 1. The first-order valence-electron chi connectivity index (χ1n) is 38.3. The van der Waals surface area contributed by atoms with Gasteiger partial charge >= 0.3 is 5.97 Å². The van der Waals surface area contributed by atoms with Crippen LogP contribution in [-0.4, -0.2) is 49.3 Å². The van der Waals surface area contributed by atoms with Crippen LogP contribution in [0.3, 0.4) is 0 Å². The Labute approximate surface area is 764 Å². The van der Waals surface area contributed by atoms with E-state index in [2.05, 4.69) is 174 Å². The lowest BCUT2D eigenvalue weighted by atomic mass is 10.0. The number of aromatic carboxylic acids is 1. The molecule has 2 aliphatic rings. The Balaban J connectivity index is 0.000000118. The van der Waals surface area contributed by atoms with E-state index in [1.165, 1.54) is 29.3 Å². The van der Waals surface area contributed by atoms with Gasteiger partial charge in [-0.1, -0.05) is 193 Å². The van der Waals surface area contributed by atoms with Crippen molar-refractivity contribution < 1.29 is 56.2 Å². The van der Waals surface area contributed by atoms with Crippen LogP contribution < -0.4 is 35.5 Å². The molecule has 19 aromatic rings. The topological polar surface area (TPSA) is 274 Å². The van der Waals surface area contributed by atoms with Gasteiger partial charge < -0.3 is 58.3 Å². The molecule has 614 valence electrons. The SMILES string of the molecule is Brc1cc(-c2nc3ccccc3o2)cc(-c2nc3ccccc3o2)c1.Nc1ccccc1Br.O=C(Nc1ccccc1Br)c1cc(Br)cc(C(=O)Nc2ccccc2Br)c1.O=COc1cc(Br)cc(C(=O)O)c1.c1ccc2c(c1)Cc1ccccc1O2.c1ccc2c(c1)Oc1ccccc1N2c1cc(-c2nc3ccccc3o2)cc(-c2nc3ccccc3o2)c1. The monoisotopic (exact) mass is 2030 g/mol. The summed E-state index contributed by atoms with van der Waals surface area (Å²) in [6, 6.07) is 107. The van der Waals surface area contributed by atoms with Crippen molar-refractivity contribution in [2.24, 2.45) is 0 Å². The summed E-state index contributed by atoms with van der Waals surface area (Å²) in [5.74, 6) is 4.25. The van der Waals surface area contributed by atoms with Gasteiger partial charge in [0.25, 0.3) is 18.3 Å². The average Bonchev–Trinajstić information content (AvgIpc) is 1.55. The number of carbonyl (C=O) groups excluding carboxylic acids is 3. The number of benzene rings is 15. The largest absolute Gasteiger partial charge is 0.478 e. The maximum Gasteiger partial charge on any atom is 0.335 e. The Kier molecular flexibility index (Phi) is 26.5. The third-order valence-electron chi connectivity index (χ3n) is 19.1. The van der Waals surface area contributed by atoms with Crippen molar-refractivity contribution in [2.75, 3.05) is 21.3 Å². The number of aromatic nitrogens is 4. The number of carboxylic acid groups (broad SMARTS) is 1. The predicted molar refractivity (Wildman–Crippen MR) is 508 cm³/mol. The fourth-order valence-corrected chi connectivity index (χ4v) is 15.8. The number of carboxylic acids is 1. The van der Waals surface area contributed by atoms with Gasteiger partial charge in [0.2, 0.25) is 23.6 Å². The number of halogens is 6. The van der Waals surface area contributed by atoms with Gasteiger partial charge in [-0.05, 0) is 253 Å². The molecule has 0 fully saturated rings. The number of oxazole rings is 4. The fourth-order valence-electron chi connectivity index (χ4n) is 13.3. The second-order valence-electron chi connectivity index (χ2n) is 27.6. The van der Waals surface area contributed by atoms with Crippen LogP contribution in [0.2, 0.25) is 0 Å². The number of para-hydroxylation sites is 17. The molecule has 0 saturated heterocycles. The van der Waals surface area contributed by atoms with Crippen LogP contribution in [0.5, 0.6) is 28.7 Å². The highest BCUT2D eigenvalue weighted by molar-refractivity contribution is 9.11. The Morgan fingerprint density at radius 3 is 1.11 bits per heavy atom. The molecule has 21 rings (SSSR count). The zero-order valence-electron chi connectivity index (χ0n) is 65.1. The molecule has 2 aliphatic heterocycles. The smallest absolute Gasteiger partial charge is 0.335 e. The highest BCUT2D eigenvalue weighted by Gasteiger charge is 2.28. The van der Waals surface area contributed by atoms with Crippen molar-refractivity contribution in [3.63, 3.8) is 0 Å². The van der Waals surface area contributed by atoms with E-state index in [1.807, 2.05) is 243 Å². The number of nitrogens with zero attached hydrogens (tertiary/aromatic N) is 5. The molecular weight excluding hydrogens is 1970 g/mol. The van der Waals surface area contributed by atoms with Gasteiger partial charge in [-0.3, -0.25) is 14.4 Å². The van der Waals surface area contributed by atoms with Crippen LogP contribution in [-0.2, 0) is 11.2 Å². The summed E-state index contributed by atoms with van der Waals surface area (Å²) in [4.78, 5) is 66.6. The molecule has 6 heterocycles. The first-order valence-corrected chi connectivity index (χ1v) is 43.1. The van der Waals surface area contributed by atoms with Crippen molar-refractivity contribution in [1.29, 1.82) is 0 Å². The molecule has 5 N–H and O–H groups in total. The summed E-state index contributed by atoms with van der Waals surface area (Å²) in [5.41, 5.74) is 23.3. The van der Waals surface area contributed by atoms with Crippen LogP contribution in [0, 0.1) is 0 Å². The van der Waals surface area contributed by atoms with Crippen molar-refractivity contribution in [3.05, 3.63) is 394 Å². The molecule has 2 amide bonds. The molecule has 20 nitrogen and oxygen atoms in total. The molecule has 125 heavy (non-hydrogen) atoms. The number of rotatable bonds is 12. The molecule has 0 spiro atoms. The summed E-state index contributed by atoms with van der Waals surface area (Å²) >= 11 is 20.1. The summed E-state index contributed by atoms with van der Waals surface area (Å²) in [6.07, 6.45) is 0.979. The maximum absolute atomic E-state index is 12.6. The number of hydrogen-bond donors (Lipinski definition) is 4. The zero-order chi connectivity index (χ0) is 86.5. The first kappa shape index (κ1) is 84.7. The Morgan fingerprint density at radius 1 is 0.368 bits per heavy atom. The van der Waals surface area contributed by atoms with Crippen LogP contribution in [0.1, 0.15) is 42.2 Å². The van der Waals surface area contributed by atoms with Gasteiger partial charge in [-0.15, -0.1) is 0 Å². The summed E-state index contributed by atoms with van der Waals surface area (Å²) in [5, 5.41) is 14.3. The van der Waals surface area contributed by atoms with Gasteiger partial charge in [0.1, 0.15) is 39.3 Å². The van der Waals surface area contributed by atoms with Crippen molar-refractivity contribution in [1.82, 2.24) is 19.9 Å². The van der Waals surface area contributed by atoms with Gasteiger partial charge in [0.15, 0.2) is 33.8 Å². The van der Waals surface area contributed by atoms with E-state index in [9.17, 15) is 19.2 Å². The highest BCUT2D eigenvalue weighted by Crippen LogP contribution is 2.52. The molecule has 26 heteroatoms. The third-order valence-corrected chi connectivity index (χ3v) is 22.6. The lowest BCUT2D eigenvalue weighted by Gasteiger charge is -2.33. The Morgan fingerprint density at radius 2 is 0.712 bits per heavy atom. The first-order chi connectivity index (χ1) is 60.9. The molecular formula is C99H64Br6N8O12. The Bertz CT molecular complexity index is 6690. The van der Waals surface area contributed by atoms with Gasteiger partial charge in [-0.2, -0.15) is 0 Å². The molecule has 0 saturated carbocycles. The van der Waals surface area contributed by atoms with Crippen molar-refractivity contribution in [3.8, 4) is 74.6 Å². The van der Waals surface area contributed by atoms with Crippen LogP contribution >= 0.6 is 95.6 Å². The lowest BCUT2D eigenvalue weighted by Crippen LogP contribution is -2.16. The van der Waals surface area contributed by atoms with E-state index in [1.54, 1.807) is 30.3 Å². The predicted octanol–water partition coefficient (Wildman–Crippen LogP) is 28.5. The van der Waals surface area contributed by atoms with E-state index >= 15 is 0 Å². The normalized spacial score (nSPS) is 11.2. The van der Waals surface area contributed by atoms with Gasteiger partial charge in [0, 0.05) is 78.0 Å². The zero-order valence-corrected chi connectivity index (χ0v) is 74.7. The van der Waals surface area contributed by atoms with E-state index in [-0.39, 0.29) is 29.6 Å². The number of anilines is 6. The minimum atomic E-state index is -1.07. The number of fused-ring (bicyclic) bond motifs is 8. The van der Waals surface area contributed by atoms with E-state index < -0.39 is 5.97 Å². The molecule has 0 bridgehead atoms. The van der Waals surface area contributed by atoms with E-state index in [0.717, 1.165) is 137 Å². The quantitative estimate of drug-likeness (QED) is 0.0653. The second kappa shape index (κ2) is 39.1. The molecule has 4 aromatic heterocycles. The second-order valence-corrected chi connectivity index (χ2v) is 32.9. The fraction of sp³-hybridized carbons (Fsp3) is 0.0101. The van der Waals surface area contributed by atoms with Crippen LogP contribution in [0.15, 0.2) is 384 Å². The molecule has 15 aromatic carbocycles. The van der Waals surface area contributed by atoms with Gasteiger partial charge in [0.05, 0.1) is 28.3 Å². The molecule has 0 unspecified atom stereocenters. The molecule has 0 aliphatic carbocycles. The number of hydrogen-bond acceptors (Lipinski definition) is 17. The van der Waals surface area contributed by atoms with Crippen molar-refractivity contribution in [2.45, 2.75) is 6.42 Å². The summed E-state index contributed by atoms with van der Waals surface area (Å²) in [6.45, 7) is 0.243. The molecule has 0 atom stereocenters. The highest BCUT2D eigenvalue weighted by atomic mass is 79.9. The van der Waals surface area contributed by atoms with Crippen molar-refractivity contribution >= 4 is 198 Å². The standard InChI is InChI=1S/C32H19N3O3.C20H13Br3N2O2.C20H11BrN2O2.C13H10O.C8H5BrO4.C6H6BrN/c1-5-13-27-23(9-1)33-31(37-27)20-17-21(32-34-24-10-2-6-14-28(24)38-32)19-22(18-20)35-25-11-3-7-15-29(25)36-30-16-8-4-12-26(30)35;21-14-10-12(19(26)24-17-7-3-1-5-15(17)22)9-13(11-14)20(27)25-18-8-4-2-6-16(18)23;21-14-10-12(19-22-15-5-1-3-7-17(15)24-19)9-13(11-14)20-23-16-6-2-4-8-18(16)25-20;1-3-7-12-10(5-1)9-11-6-2-4-8-13(11)14-12;9-6-1-5(8(11)12)2-7(3-6)13-4-10;7-5-3-1-2-4-6(5)8/h1-19H;1-11H,(H,24,26)(H,25,27);1-11H;1-8H,9H2;1-4H,(H,11,12);1-4H,8H2. The number of ether oxygens (including phenoxy) is 3. The maximum atomic E-state index is 12.6. The third kappa shape index (κ3) is 20.6. The van der Waals surface area contributed by atoms with Gasteiger partial charge in [-0.25, -0.2) is 24.7 Å². The lowest BCUT2D eigenvalue weighted by molar-refractivity contribution is -0.120. The summed E-state index contributed by atoms with van der Waals surface area (Å²) in [7, 11) is 0. The van der Waals surface area contributed by atoms with Crippen LogP contribution in [0.4, 0.5) is 34.1 Å². The molecule has 0 radical (unpaired) electrons. The average molecular weight is 2040 g/mol.